The number of anilines is 1. The van der Waals surface area contributed by atoms with Crippen molar-refractivity contribution in [1.82, 2.24) is 4.90 Å². The highest BCUT2D eigenvalue weighted by Gasteiger charge is 2.50. The SMILES string of the molecule is C[C@H](OC(=O)[C@H](C)N1C(=O)[C@H]2CC=CC[C@H]2C1=O)C(=O)Nc1ccc2ccccc2c1. The number of rotatable bonds is 5. The number of carbonyl (C=O) groups is 4. The van der Waals surface area contributed by atoms with Crippen LogP contribution in [0.2, 0.25) is 0 Å². The fraction of sp³-hybridized carbons (Fsp3) is 0.333. The number of likely N-dealkylation sites (tertiary alicyclic amines) is 1. The zero-order valence-electron chi connectivity index (χ0n) is 17.4. The van der Waals surface area contributed by atoms with Crippen LogP contribution in [0, 0.1) is 11.8 Å². The van der Waals surface area contributed by atoms with E-state index in [-0.39, 0.29) is 11.8 Å². The second kappa shape index (κ2) is 8.34. The molecule has 1 aliphatic carbocycles. The summed E-state index contributed by atoms with van der Waals surface area (Å²) in [5, 5.41) is 4.75. The predicted octanol–water partition coefficient (Wildman–Crippen LogP) is 3.05. The van der Waals surface area contributed by atoms with Gasteiger partial charge in [0.2, 0.25) is 11.8 Å². The van der Waals surface area contributed by atoms with Gasteiger partial charge < -0.3 is 10.1 Å². The number of nitrogens with zero attached hydrogens (tertiary/aromatic N) is 1. The van der Waals surface area contributed by atoms with Crippen molar-refractivity contribution in [3.63, 3.8) is 0 Å². The van der Waals surface area contributed by atoms with Crippen LogP contribution in [0.3, 0.4) is 0 Å². The van der Waals surface area contributed by atoms with Crippen molar-refractivity contribution >= 4 is 40.2 Å². The zero-order valence-corrected chi connectivity index (χ0v) is 17.4. The van der Waals surface area contributed by atoms with Crippen LogP contribution < -0.4 is 5.32 Å². The molecule has 4 atom stereocenters. The van der Waals surface area contributed by atoms with Crippen LogP contribution in [0.25, 0.3) is 10.8 Å². The molecule has 160 valence electrons. The number of carbonyl (C=O) groups excluding carboxylic acids is 4. The molecule has 2 aromatic carbocycles. The smallest absolute Gasteiger partial charge is 0.329 e. The summed E-state index contributed by atoms with van der Waals surface area (Å²) in [6.45, 7) is 2.91. The lowest BCUT2D eigenvalue weighted by Gasteiger charge is -2.23. The molecule has 0 radical (unpaired) electrons. The fourth-order valence-corrected chi connectivity index (χ4v) is 4.15. The average Bonchev–Trinajstić information content (AvgIpc) is 3.03. The monoisotopic (exact) mass is 420 g/mol. The first-order chi connectivity index (χ1) is 14.9. The first-order valence-corrected chi connectivity index (χ1v) is 10.4. The molecule has 1 aliphatic heterocycles. The lowest BCUT2D eigenvalue weighted by atomic mass is 9.85. The van der Waals surface area contributed by atoms with Gasteiger partial charge in [0.05, 0.1) is 11.8 Å². The minimum absolute atomic E-state index is 0.350. The molecule has 31 heavy (non-hydrogen) atoms. The Hall–Kier alpha value is -3.48. The molecular formula is C24H24N2O5. The van der Waals surface area contributed by atoms with Gasteiger partial charge >= 0.3 is 5.97 Å². The number of esters is 1. The Morgan fingerprint density at radius 2 is 1.58 bits per heavy atom. The first kappa shape index (κ1) is 20.8. The van der Waals surface area contributed by atoms with Crippen molar-refractivity contribution in [2.45, 2.75) is 38.8 Å². The topological polar surface area (TPSA) is 92.8 Å². The van der Waals surface area contributed by atoms with Crippen LogP contribution in [0.15, 0.2) is 54.6 Å². The first-order valence-electron chi connectivity index (χ1n) is 10.4. The van der Waals surface area contributed by atoms with E-state index >= 15 is 0 Å². The van der Waals surface area contributed by atoms with E-state index in [1.165, 1.54) is 13.8 Å². The van der Waals surface area contributed by atoms with Crippen molar-refractivity contribution in [1.29, 1.82) is 0 Å². The Morgan fingerprint density at radius 3 is 2.23 bits per heavy atom. The van der Waals surface area contributed by atoms with Crippen molar-refractivity contribution in [3.8, 4) is 0 Å². The molecule has 1 saturated heterocycles. The molecular weight excluding hydrogens is 396 g/mol. The summed E-state index contributed by atoms with van der Waals surface area (Å²) in [7, 11) is 0. The number of hydrogen-bond donors (Lipinski definition) is 1. The van der Waals surface area contributed by atoms with E-state index < -0.39 is 35.9 Å². The molecule has 2 aromatic rings. The highest BCUT2D eigenvalue weighted by molar-refractivity contribution is 6.08. The Kier molecular flexibility index (Phi) is 5.59. The molecule has 1 N–H and O–H groups in total. The summed E-state index contributed by atoms with van der Waals surface area (Å²) < 4.78 is 5.28. The number of hydrogen-bond acceptors (Lipinski definition) is 5. The standard InChI is InChI=1S/C24H24N2O5/c1-14(26-22(28)19-9-5-6-10-20(19)23(26)29)24(30)31-15(2)21(27)25-18-12-11-16-7-3-4-8-17(16)13-18/h3-8,11-15,19-20H,9-10H2,1-2H3,(H,25,27)/t14-,15-,19-,20+/m0/s1. The molecule has 1 fully saturated rings. The number of nitrogens with one attached hydrogen (secondary N) is 1. The normalized spacial score (nSPS) is 22.2. The maximum absolute atomic E-state index is 12.6. The number of imide groups is 1. The number of ether oxygens (including phenoxy) is 1. The van der Waals surface area contributed by atoms with Gasteiger partial charge in [-0.25, -0.2) is 4.79 Å². The molecule has 1 heterocycles. The second-order valence-electron chi connectivity index (χ2n) is 8.01. The number of amides is 3. The predicted molar refractivity (Wildman–Crippen MR) is 115 cm³/mol. The summed E-state index contributed by atoms with van der Waals surface area (Å²) in [4.78, 5) is 51.4. The van der Waals surface area contributed by atoms with Crippen molar-refractivity contribution in [2.24, 2.45) is 11.8 Å². The lowest BCUT2D eigenvalue weighted by Crippen LogP contribution is -2.46. The molecule has 3 amide bonds. The van der Waals surface area contributed by atoms with E-state index in [1.807, 2.05) is 48.6 Å². The average molecular weight is 420 g/mol. The maximum Gasteiger partial charge on any atom is 0.329 e. The van der Waals surface area contributed by atoms with Gasteiger partial charge in [-0.15, -0.1) is 0 Å². The summed E-state index contributed by atoms with van der Waals surface area (Å²) in [6, 6.07) is 12.2. The van der Waals surface area contributed by atoms with Gasteiger partial charge in [-0.1, -0.05) is 42.5 Å². The third kappa shape index (κ3) is 3.95. The highest BCUT2D eigenvalue weighted by atomic mass is 16.5. The van der Waals surface area contributed by atoms with E-state index in [0.717, 1.165) is 15.7 Å². The van der Waals surface area contributed by atoms with E-state index in [4.69, 9.17) is 4.74 Å². The van der Waals surface area contributed by atoms with Crippen LogP contribution >= 0.6 is 0 Å². The Balaban J connectivity index is 1.38. The summed E-state index contributed by atoms with van der Waals surface area (Å²) in [5.74, 6) is -2.81. The van der Waals surface area contributed by atoms with Gasteiger partial charge in [-0.2, -0.15) is 0 Å². The summed E-state index contributed by atoms with van der Waals surface area (Å²) in [5.41, 5.74) is 0.584. The molecule has 7 heteroatoms. The molecule has 0 spiro atoms. The summed E-state index contributed by atoms with van der Waals surface area (Å²) >= 11 is 0. The molecule has 0 unspecified atom stereocenters. The van der Waals surface area contributed by atoms with Gasteiger partial charge in [-0.3, -0.25) is 19.3 Å². The second-order valence-corrected chi connectivity index (χ2v) is 8.01. The number of allylic oxidation sites excluding steroid dienone is 2. The zero-order chi connectivity index (χ0) is 22.1. The molecule has 0 aromatic heterocycles. The van der Waals surface area contributed by atoms with Crippen LogP contribution in [0.1, 0.15) is 26.7 Å². The number of fused-ring (bicyclic) bond motifs is 2. The lowest BCUT2D eigenvalue weighted by molar-refractivity contribution is -0.163. The quantitative estimate of drug-likeness (QED) is 0.456. The van der Waals surface area contributed by atoms with Gasteiger partial charge in [0.1, 0.15) is 6.04 Å². The third-order valence-corrected chi connectivity index (χ3v) is 5.95. The Bertz CT molecular complexity index is 1070. The van der Waals surface area contributed by atoms with Gasteiger partial charge in [0.25, 0.3) is 5.91 Å². The third-order valence-electron chi connectivity index (χ3n) is 5.95. The van der Waals surface area contributed by atoms with Crippen LogP contribution in [-0.4, -0.2) is 40.7 Å². The van der Waals surface area contributed by atoms with Gasteiger partial charge in [-0.05, 0) is 49.6 Å². The number of benzene rings is 2. The molecule has 0 bridgehead atoms. The summed E-state index contributed by atoms with van der Waals surface area (Å²) in [6.07, 6.45) is 3.69. The molecule has 2 aliphatic rings. The molecule has 4 rings (SSSR count). The minimum atomic E-state index is -1.09. The minimum Gasteiger partial charge on any atom is -0.451 e. The molecule has 7 nitrogen and oxygen atoms in total. The molecule has 0 saturated carbocycles. The largest absolute Gasteiger partial charge is 0.451 e. The van der Waals surface area contributed by atoms with E-state index in [0.29, 0.717) is 18.5 Å². The van der Waals surface area contributed by atoms with Gasteiger partial charge in [0, 0.05) is 5.69 Å². The van der Waals surface area contributed by atoms with Crippen LogP contribution in [0.4, 0.5) is 5.69 Å². The van der Waals surface area contributed by atoms with E-state index in [9.17, 15) is 19.2 Å². The highest BCUT2D eigenvalue weighted by Crippen LogP contribution is 2.36. The van der Waals surface area contributed by atoms with E-state index in [1.54, 1.807) is 6.07 Å². The fourth-order valence-electron chi connectivity index (χ4n) is 4.15. The Labute approximate surface area is 180 Å². The van der Waals surface area contributed by atoms with Crippen molar-refractivity contribution in [3.05, 3.63) is 54.6 Å². The van der Waals surface area contributed by atoms with Crippen molar-refractivity contribution in [2.75, 3.05) is 5.32 Å². The van der Waals surface area contributed by atoms with Crippen molar-refractivity contribution < 1.29 is 23.9 Å². The van der Waals surface area contributed by atoms with Crippen LogP contribution in [0.5, 0.6) is 0 Å². The maximum atomic E-state index is 12.6. The van der Waals surface area contributed by atoms with Crippen LogP contribution in [-0.2, 0) is 23.9 Å². The van der Waals surface area contributed by atoms with E-state index in [2.05, 4.69) is 5.32 Å². The van der Waals surface area contributed by atoms with Gasteiger partial charge in [0.15, 0.2) is 6.10 Å². The Morgan fingerprint density at radius 1 is 0.968 bits per heavy atom.